The zero-order valence-electron chi connectivity index (χ0n) is 24.2. The zero-order chi connectivity index (χ0) is 30.7. The Morgan fingerprint density at radius 1 is 1.00 bits per heavy atom. The molecule has 0 bridgehead atoms. The summed E-state index contributed by atoms with van der Waals surface area (Å²) in [5, 5.41) is 5.81. The van der Waals surface area contributed by atoms with Gasteiger partial charge in [-0.05, 0) is 111 Å². The molecule has 0 fully saturated rings. The van der Waals surface area contributed by atoms with Gasteiger partial charge in [0.05, 0.1) is 32.7 Å². The number of hydrogen-bond acceptors (Lipinski definition) is 5. The molecule has 0 spiro atoms. The minimum atomic E-state index is -0.256. The van der Waals surface area contributed by atoms with Crippen molar-refractivity contribution in [2.75, 3.05) is 6.61 Å². The normalized spacial score (nSPS) is 11.5. The summed E-state index contributed by atoms with van der Waals surface area (Å²) >= 11 is 13.5. The summed E-state index contributed by atoms with van der Waals surface area (Å²) in [4.78, 5) is 18.7. The summed E-state index contributed by atoms with van der Waals surface area (Å²) in [5.41, 5.74) is 4.78. The maximum Gasteiger partial charge on any atom is 0.282 e. The quantitative estimate of drug-likeness (QED) is 0.142. The first-order valence-electron chi connectivity index (χ1n) is 13.9. The molecule has 0 N–H and O–H groups in total. The number of nitrogens with zero attached hydrogens (tertiary/aromatic N) is 3. The van der Waals surface area contributed by atoms with E-state index in [2.05, 4.69) is 56.9 Å². The third-order valence-corrected chi connectivity index (χ3v) is 8.49. The summed E-state index contributed by atoms with van der Waals surface area (Å²) in [6.07, 6.45) is 1.64. The lowest BCUT2D eigenvalue weighted by molar-refractivity contribution is 0.302. The number of aromatic nitrogens is 2. The van der Waals surface area contributed by atoms with Crippen LogP contribution >= 0.6 is 43.5 Å². The fraction of sp³-hybridized carbons (Fsp3) is 0.206. The van der Waals surface area contributed by atoms with Crippen LogP contribution in [0.25, 0.3) is 22.3 Å². The largest absolute Gasteiger partial charge is 0.494 e. The van der Waals surface area contributed by atoms with Gasteiger partial charge in [0.15, 0.2) is 5.82 Å². The summed E-state index contributed by atoms with van der Waals surface area (Å²) < 4.78 is 14.8. The van der Waals surface area contributed by atoms with E-state index < -0.39 is 0 Å². The van der Waals surface area contributed by atoms with Gasteiger partial charge in [0.25, 0.3) is 5.56 Å². The monoisotopic (exact) mass is 721 g/mol. The van der Waals surface area contributed by atoms with Crippen LogP contribution < -0.4 is 15.0 Å². The SMILES string of the molecule is CCOc1cc(C)c(-c2nc3ccccc3c(=O)n2N=Cc2cc(Br)c(OCc3ccccc3Cl)c(Br)c2)cc1C(C)C. The van der Waals surface area contributed by atoms with E-state index in [9.17, 15) is 4.79 Å². The second kappa shape index (κ2) is 13.5. The van der Waals surface area contributed by atoms with Crippen molar-refractivity contribution in [2.45, 2.75) is 40.2 Å². The molecule has 5 aromatic rings. The molecule has 1 aromatic heterocycles. The number of halogens is 3. The molecule has 0 saturated carbocycles. The van der Waals surface area contributed by atoms with Crippen molar-refractivity contribution in [3.8, 4) is 22.9 Å². The lowest BCUT2D eigenvalue weighted by Crippen LogP contribution is -2.21. The molecule has 0 radical (unpaired) electrons. The topological polar surface area (TPSA) is 65.7 Å². The van der Waals surface area contributed by atoms with E-state index in [4.69, 9.17) is 26.1 Å². The first-order valence-corrected chi connectivity index (χ1v) is 15.8. The Labute approximate surface area is 272 Å². The molecule has 1 heterocycles. The van der Waals surface area contributed by atoms with Crippen LogP contribution in [0.15, 0.2) is 91.6 Å². The molecular formula is C34H30Br2ClN3O3. The summed E-state index contributed by atoms with van der Waals surface area (Å²) in [7, 11) is 0. The van der Waals surface area contributed by atoms with Gasteiger partial charge in [0.2, 0.25) is 0 Å². The van der Waals surface area contributed by atoms with Crippen LogP contribution in [0.5, 0.6) is 11.5 Å². The first kappa shape index (κ1) is 31.0. The number of ether oxygens (including phenoxy) is 2. The second-order valence-electron chi connectivity index (χ2n) is 10.3. The van der Waals surface area contributed by atoms with Gasteiger partial charge < -0.3 is 9.47 Å². The van der Waals surface area contributed by atoms with Gasteiger partial charge in [-0.2, -0.15) is 9.78 Å². The Bertz CT molecular complexity index is 1880. The van der Waals surface area contributed by atoms with Crippen molar-refractivity contribution in [1.82, 2.24) is 9.66 Å². The van der Waals surface area contributed by atoms with Gasteiger partial charge in [0.1, 0.15) is 18.1 Å². The molecule has 5 rings (SSSR count). The van der Waals surface area contributed by atoms with Gasteiger partial charge in [-0.15, -0.1) is 0 Å². The number of benzene rings is 4. The predicted octanol–water partition coefficient (Wildman–Crippen LogP) is 9.53. The molecule has 0 aliphatic rings. The summed E-state index contributed by atoms with van der Waals surface area (Å²) in [6, 6.07) is 22.7. The fourth-order valence-electron chi connectivity index (χ4n) is 4.76. The fourth-order valence-corrected chi connectivity index (χ4v) is 6.40. The maximum absolute atomic E-state index is 13.8. The molecule has 220 valence electrons. The van der Waals surface area contributed by atoms with Crippen LogP contribution in [0.2, 0.25) is 5.02 Å². The molecule has 0 atom stereocenters. The first-order chi connectivity index (χ1) is 20.7. The van der Waals surface area contributed by atoms with E-state index in [0.717, 1.165) is 42.5 Å². The molecule has 43 heavy (non-hydrogen) atoms. The van der Waals surface area contributed by atoms with E-state index in [1.54, 1.807) is 12.3 Å². The van der Waals surface area contributed by atoms with Crippen LogP contribution in [0.1, 0.15) is 48.9 Å². The Balaban J connectivity index is 1.57. The van der Waals surface area contributed by atoms with Crippen LogP contribution in [0.3, 0.4) is 0 Å². The van der Waals surface area contributed by atoms with E-state index in [0.29, 0.717) is 40.7 Å². The zero-order valence-corrected chi connectivity index (χ0v) is 28.1. The standard InChI is InChI=1S/C34H30Br2ClN3O3/c1-5-42-31-14-21(4)26(17-25(31)20(2)3)33-39-30-13-9-7-11-24(30)34(41)40(33)38-18-22-15-27(35)32(28(36)16-22)43-19-23-10-6-8-12-29(23)37/h6-18,20H,5,19H2,1-4H3. The van der Waals surface area contributed by atoms with Crippen LogP contribution in [0.4, 0.5) is 0 Å². The van der Waals surface area contributed by atoms with Crippen molar-refractivity contribution >= 4 is 60.6 Å². The van der Waals surface area contributed by atoms with Crippen LogP contribution in [-0.4, -0.2) is 22.5 Å². The Hall–Kier alpha value is -3.46. The van der Waals surface area contributed by atoms with Gasteiger partial charge in [-0.1, -0.05) is 55.8 Å². The van der Waals surface area contributed by atoms with E-state index in [-0.39, 0.29) is 11.5 Å². The Morgan fingerprint density at radius 2 is 1.70 bits per heavy atom. The molecule has 0 unspecified atom stereocenters. The minimum Gasteiger partial charge on any atom is -0.494 e. The van der Waals surface area contributed by atoms with E-state index in [1.165, 1.54) is 4.68 Å². The number of aryl methyl sites for hydroxylation is 1. The highest BCUT2D eigenvalue weighted by molar-refractivity contribution is 9.11. The molecule has 9 heteroatoms. The van der Waals surface area contributed by atoms with Crippen molar-refractivity contribution < 1.29 is 9.47 Å². The minimum absolute atomic E-state index is 0.207. The van der Waals surface area contributed by atoms with E-state index >= 15 is 0 Å². The Morgan fingerprint density at radius 3 is 2.40 bits per heavy atom. The number of fused-ring (bicyclic) bond motifs is 1. The second-order valence-corrected chi connectivity index (χ2v) is 12.4. The number of para-hydroxylation sites is 1. The molecule has 0 aliphatic heterocycles. The van der Waals surface area contributed by atoms with Gasteiger partial charge in [-0.25, -0.2) is 4.98 Å². The molecule has 0 aliphatic carbocycles. The molecule has 6 nitrogen and oxygen atoms in total. The van der Waals surface area contributed by atoms with Crippen LogP contribution in [-0.2, 0) is 6.61 Å². The van der Waals surface area contributed by atoms with Crippen LogP contribution in [0, 0.1) is 6.92 Å². The average molecular weight is 724 g/mol. The van der Waals surface area contributed by atoms with Crippen molar-refractivity contribution in [1.29, 1.82) is 0 Å². The highest BCUT2D eigenvalue weighted by Crippen LogP contribution is 2.36. The average Bonchev–Trinajstić information content (AvgIpc) is 2.97. The number of rotatable bonds is 9. The van der Waals surface area contributed by atoms with Crippen molar-refractivity contribution in [3.05, 3.63) is 119 Å². The molecule has 4 aromatic carbocycles. The van der Waals surface area contributed by atoms with Crippen molar-refractivity contribution in [2.24, 2.45) is 5.10 Å². The predicted molar refractivity (Wildman–Crippen MR) is 182 cm³/mol. The summed E-state index contributed by atoms with van der Waals surface area (Å²) in [6.45, 7) is 9.08. The van der Waals surface area contributed by atoms with Crippen molar-refractivity contribution in [3.63, 3.8) is 0 Å². The van der Waals surface area contributed by atoms with Gasteiger partial charge >= 0.3 is 0 Å². The molecular weight excluding hydrogens is 694 g/mol. The molecule has 0 saturated heterocycles. The molecule has 0 amide bonds. The highest BCUT2D eigenvalue weighted by atomic mass is 79.9. The third kappa shape index (κ3) is 6.71. The van der Waals surface area contributed by atoms with Gasteiger partial charge in [-0.3, -0.25) is 4.79 Å². The number of hydrogen-bond donors (Lipinski definition) is 0. The smallest absolute Gasteiger partial charge is 0.282 e. The van der Waals surface area contributed by atoms with E-state index in [1.807, 2.05) is 74.5 Å². The van der Waals surface area contributed by atoms with Gasteiger partial charge in [0, 0.05) is 16.1 Å². The summed E-state index contributed by atoms with van der Waals surface area (Å²) in [5.74, 6) is 2.13. The Kier molecular flexibility index (Phi) is 9.69. The lowest BCUT2D eigenvalue weighted by atomic mass is 9.96. The lowest BCUT2D eigenvalue weighted by Gasteiger charge is -2.18. The maximum atomic E-state index is 13.8. The third-order valence-electron chi connectivity index (χ3n) is 6.95. The highest BCUT2D eigenvalue weighted by Gasteiger charge is 2.19.